The number of hydrogen-bond donors (Lipinski definition) is 1. The standard InChI is InChI=1S/C21H25NO5S/c1-18-11-13-20(14-12-18)28(24,25)22-21(23)27-16-8-3-2-7-15-26-17-19-9-5-4-6-10-19/h2-6,9-14H,7-8,15-17H2,1H3,(H,22,23)/b3-2+. The van der Waals surface area contributed by atoms with Crippen molar-refractivity contribution >= 4 is 16.1 Å². The molecule has 0 aromatic heterocycles. The monoisotopic (exact) mass is 403 g/mol. The highest BCUT2D eigenvalue weighted by atomic mass is 32.2. The highest BCUT2D eigenvalue weighted by Crippen LogP contribution is 2.10. The Labute approximate surface area is 166 Å². The number of ether oxygens (including phenoxy) is 2. The Balaban J connectivity index is 1.57. The summed E-state index contributed by atoms with van der Waals surface area (Å²) in [4.78, 5) is 11.7. The van der Waals surface area contributed by atoms with Crippen LogP contribution in [0.5, 0.6) is 0 Å². The van der Waals surface area contributed by atoms with Crippen molar-refractivity contribution in [3.05, 3.63) is 77.9 Å². The molecule has 6 nitrogen and oxygen atoms in total. The van der Waals surface area contributed by atoms with Gasteiger partial charge in [-0.15, -0.1) is 0 Å². The van der Waals surface area contributed by atoms with E-state index in [-0.39, 0.29) is 11.5 Å². The maximum Gasteiger partial charge on any atom is 0.421 e. The van der Waals surface area contributed by atoms with Gasteiger partial charge in [-0.1, -0.05) is 60.2 Å². The van der Waals surface area contributed by atoms with Gasteiger partial charge in [-0.05, 0) is 37.5 Å². The van der Waals surface area contributed by atoms with Gasteiger partial charge < -0.3 is 9.47 Å². The summed E-state index contributed by atoms with van der Waals surface area (Å²) in [5.74, 6) is 0. The second-order valence-corrected chi connectivity index (χ2v) is 7.82. The molecule has 150 valence electrons. The predicted molar refractivity (Wildman–Crippen MR) is 107 cm³/mol. The Morgan fingerprint density at radius 2 is 1.61 bits per heavy atom. The molecular weight excluding hydrogens is 378 g/mol. The highest BCUT2D eigenvalue weighted by molar-refractivity contribution is 7.90. The molecule has 0 aliphatic carbocycles. The van der Waals surface area contributed by atoms with Crippen LogP contribution >= 0.6 is 0 Å². The van der Waals surface area contributed by atoms with Gasteiger partial charge in [0.25, 0.3) is 10.0 Å². The van der Waals surface area contributed by atoms with Gasteiger partial charge in [0.2, 0.25) is 0 Å². The molecule has 0 atom stereocenters. The fraction of sp³-hybridized carbons (Fsp3) is 0.286. The smallest absolute Gasteiger partial charge is 0.421 e. The zero-order chi connectivity index (χ0) is 20.2. The molecule has 2 aromatic rings. The van der Waals surface area contributed by atoms with E-state index >= 15 is 0 Å². The number of benzene rings is 2. The first kappa shape index (κ1) is 21.7. The minimum Gasteiger partial charge on any atom is -0.449 e. The first-order chi connectivity index (χ1) is 13.5. The van der Waals surface area contributed by atoms with E-state index in [9.17, 15) is 13.2 Å². The molecule has 0 aliphatic heterocycles. The molecule has 0 radical (unpaired) electrons. The molecule has 0 aliphatic rings. The lowest BCUT2D eigenvalue weighted by atomic mass is 10.2. The Morgan fingerprint density at radius 1 is 0.964 bits per heavy atom. The van der Waals surface area contributed by atoms with Crippen LogP contribution in [-0.2, 0) is 26.1 Å². The van der Waals surface area contributed by atoms with E-state index in [1.54, 1.807) is 12.1 Å². The van der Waals surface area contributed by atoms with Crippen LogP contribution in [0.25, 0.3) is 0 Å². The molecule has 1 amide bonds. The minimum atomic E-state index is -3.92. The lowest BCUT2D eigenvalue weighted by Gasteiger charge is -2.07. The van der Waals surface area contributed by atoms with Gasteiger partial charge in [0.05, 0.1) is 24.7 Å². The number of sulfonamides is 1. The van der Waals surface area contributed by atoms with Crippen molar-refractivity contribution in [2.75, 3.05) is 13.2 Å². The maximum atomic E-state index is 12.1. The SMILES string of the molecule is Cc1ccc(S(=O)(=O)NC(=O)OCC/C=C/CCOCc2ccccc2)cc1. The van der Waals surface area contributed by atoms with Crippen LogP contribution in [0.2, 0.25) is 0 Å². The van der Waals surface area contributed by atoms with Crippen molar-refractivity contribution < 1.29 is 22.7 Å². The normalized spacial score (nSPS) is 11.5. The zero-order valence-corrected chi connectivity index (χ0v) is 16.7. The summed E-state index contributed by atoms with van der Waals surface area (Å²) in [6, 6.07) is 16.1. The lowest BCUT2D eigenvalue weighted by molar-refractivity contribution is 0.125. The average molecular weight is 404 g/mol. The summed E-state index contributed by atoms with van der Waals surface area (Å²) in [5.41, 5.74) is 2.06. The van der Waals surface area contributed by atoms with E-state index in [0.29, 0.717) is 19.6 Å². The van der Waals surface area contributed by atoms with E-state index in [4.69, 9.17) is 9.47 Å². The number of carbonyl (C=O) groups is 1. The van der Waals surface area contributed by atoms with Crippen LogP contribution in [0, 0.1) is 6.92 Å². The third-order valence-electron chi connectivity index (χ3n) is 3.77. The van der Waals surface area contributed by atoms with Crippen LogP contribution < -0.4 is 4.72 Å². The first-order valence-corrected chi connectivity index (χ1v) is 10.5. The second-order valence-electron chi connectivity index (χ2n) is 6.14. The number of hydrogen-bond acceptors (Lipinski definition) is 5. The molecule has 7 heteroatoms. The molecule has 2 aromatic carbocycles. The summed E-state index contributed by atoms with van der Waals surface area (Å²) in [6.07, 6.45) is 4.07. The molecule has 0 heterocycles. The third kappa shape index (κ3) is 7.94. The summed E-state index contributed by atoms with van der Waals surface area (Å²) >= 11 is 0. The molecule has 1 N–H and O–H groups in total. The van der Waals surface area contributed by atoms with E-state index in [1.807, 2.05) is 54.1 Å². The van der Waals surface area contributed by atoms with Gasteiger partial charge >= 0.3 is 6.09 Å². The van der Waals surface area contributed by atoms with Gasteiger partial charge in [0.15, 0.2) is 0 Å². The number of carbonyl (C=O) groups excluding carboxylic acids is 1. The van der Waals surface area contributed by atoms with Crippen molar-refractivity contribution in [2.45, 2.75) is 31.3 Å². The van der Waals surface area contributed by atoms with Crippen LogP contribution in [0.15, 0.2) is 71.6 Å². The summed E-state index contributed by atoms with van der Waals surface area (Å²) in [6.45, 7) is 3.12. The summed E-state index contributed by atoms with van der Waals surface area (Å²) in [7, 11) is -3.92. The number of amides is 1. The molecular formula is C21H25NO5S. The van der Waals surface area contributed by atoms with Gasteiger partial charge in [0, 0.05) is 0 Å². The Morgan fingerprint density at radius 3 is 2.29 bits per heavy atom. The minimum absolute atomic E-state index is 0.0189. The first-order valence-electron chi connectivity index (χ1n) is 9.00. The van der Waals surface area contributed by atoms with Crippen LogP contribution in [0.3, 0.4) is 0 Å². The molecule has 0 bridgehead atoms. The van der Waals surface area contributed by atoms with Crippen molar-refractivity contribution in [1.29, 1.82) is 0 Å². The van der Waals surface area contributed by atoms with Gasteiger partial charge in [-0.25, -0.2) is 17.9 Å². The highest BCUT2D eigenvalue weighted by Gasteiger charge is 2.17. The van der Waals surface area contributed by atoms with Gasteiger partial charge in [-0.2, -0.15) is 0 Å². The second kappa shape index (κ2) is 11.3. The molecule has 0 saturated carbocycles. The molecule has 0 unspecified atom stereocenters. The van der Waals surface area contributed by atoms with Crippen LogP contribution in [-0.4, -0.2) is 27.7 Å². The van der Waals surface area contributed by atoms with Crippen LogP contribution in [0.1, 0.15) is 24.0 Å². The Hall–Kier alpha value is -2.64. The number of rotatable bonds is 10. The molecule has 0 spiro atoms. The van der Waals surface area contributed by atoms with Crippen molar-refractivity contribution in [3.63, 3.8) is 0 Å². The number of aryl methyl sites for hydroxylation is 1. The van der Waals surface area contributed by atoms with Crippen molar-refractivity contribution in [1.82, 2.24) is 4.72 Å². The largest absolute Gasteiger partial charge is 0.449 e. The van der Waals surface area contributed by atoms with Crippen molar-refractivity contribution in [2.24, 2.45) is 0 Å². The van der Waals surface area contributed by atoms with E-state index in [2.05, 4.69) is 0 Å². The van der Waals surface area contributed by atoms with E-state index < -0.39 is 16.1 Å². The molecule has 0 saturated heterocycles. The topological polar surface area (TPSA) is 81.7 Å². The van der Waals surface area contributed by atoms with Crippen LogP contribution in [0.4, 0.5) is 4.79 Å². The molecule has 2 rings (SSSR count). The Bertz CT molecular complexity index is 861. The fourth-order valence-corrected chi connectivity index (χ4v) is 3.18. The molecule has 28 heavy (non-hydrogen) atoms. The quantitative estimate of drug-likeness (QED) is 0.480. The average Bonchev–Trinajstić information content (AvgIpc) is 2.67. The maximum absolute atomic E-state index is 12.1. The van der Waals surface area contributed by atoms with Gasteiger partial charge in [0.1, 0.15) is 0 Å². The van der Waals surface area contributed by atoms with E-state index in [1.165, 1.54) is 12.1 Å². The third-order valence-corrected chi connectivity index (χ3v) is 5.10. The Kier molecular flexibility index (Phi) is 8.71. The lowest BCUT2D eigenvalue weighted by Crippen LogP contribution is -2.31. The molecule has 0 fully saturated rings. The number of nitrogens with one attached hydrogen (secondary N) is 1. The fourth-order valence-electron chi connectivity index (χ4n) is 2.29. The predicted octanol–water partition coefficient (Wildman–Crippen LogP) is 3.96. The van der Waals surface area contributed by atoms with Crippen molar-refractivity contribution in [3.8, 4) is 0 Å². The zero-order valence-electron chi connectivity index (χ0n) is 15.8. The summed E-state index contributed by atoms with van der Waals surface area (Å²) < 4.78 is 36.4. The summed E-state index contributed by atoms with van der Waals surface area (Å²) in [5, 5.41) is 0. The van der Waals surface area contributed by atoms with E-state index in [0.717, 1.165) is 17.5 Å². The van der Waals surface area contributed by atoms with Gasteiger partial charge in [-0.3, -0.25) is 0 Å².